The van der Waals surface area contributed by atoms with Crippen molar-refractivity contribution < 1.29 is 19.1 Å². The van der Waals surface area contributed by atoms with Crippen molar-refractivity contribution in [3.63, 3.8) is 0 Å². The first-order valence-electron chi connectivity index (χ1n) is 10.1. The maximum atomic E-state index is 12.9. The highest BCUT2D eigenvalue weighted by molar-refractivity contribution is 6.07. The number of para-hydroxylation sites is 1. The Kier molecular flexibility index (Phi) is 5.00. The fourth-order valence-corrected chi connectivity index (χ4v) is 4.76. The quantitative estimate of drug-likeness (QED) is 0.789. The van der Waals surface area contributed by atoms with E-state index in [9.17, 15) is 14.4 Å². The van der Waals surface area contributed by atoms with Gasteiger partial charge in [-0.05, 0) is 18.9 Å². The molecule has 3 fully saturated rings. The van der Waals surface area contributed by atoms with E-state index in [0.717, 1.165) is 43.4 Å². The molecule has 1 spiro atoms. The number of benzene rings is 1. The van der Waals surface area contributed by atoms with Crippen molar-refractivity contribution in [1.82, 2.24) is 15.1 Å². The highest BCUT2D eigenvalue weighted by Crippen LogP contribution is 2.34. The average Bonchev–Trinajstić information content (AvgIpc) is 3.15. The molecule has 7 heteroatoms. The van der Waals surface area contributed by atoms with Crippen molar-refractivity contribution in [1.29, 1.82) is 0 Å². The molecule has 150 valence electrons. The first-order valence-corrected chi connectivity index (χ1v) is 10.1. The van der Waals surface area contributed by atoms with E-state index < -0.39 is 5.54 Å². The lowest BCUT2D eigenvalue weighted by molar-refractivity contribution is -0.133. The minimum Gasteiger partial charge on any atom is -0.496 e. The number of hydrogen-bond acceptors (Lipinski definition) is 4. The van der Waals surface area contributed by atoms with Gasteiger partial charge >= 0.3 is 6.03 Å². The molecule has 2 heterocycles. The lowest BCUT2D eigenvalue weighted by Crippen LogP contribution is -2.48. The molecular formula is C21H27N3O4. The summed E-state index contributed by atoms with van der Waals surface area (Å²) in [5, 5.41) is 2.94. The number of imide groups is 1. The lowest BCUT2D eigenvalue weighted by Gasteiger charge is -2.30. The molecule has 7 nitrogen and oxygen atoms in total. The van der Waals surface area contributed by atoms with Crippen LogP contribution in [-0.4, -0.2) is 53.4 Å². The number of urea groups is 1. The Morgan fingerprint density at radius 1 is 1.14 bits per heavy atom. The van der Waals surface area contributed by atoms with Gasteiger partial charge in [0.2, 0.25) is 5.91 Å². The van der Waals surface area contributed by atoms with Gasteiger partial charge in [-0.1, -0.05) is 37.5 Å². The summed E-state index contributed by atoms with van der Waals surface area (Å²) in [4.78, 5) is 41.0. The monoisotopic (exact) mass is 385 g/mol. The van der Waals surface area contributed by atoms with E-state index >= 15 is 0 Å². The van der Waals surface area contributed by atoms with E-state index in [1.165, 1.54) is 4.90 Å². The Bertz CT molecular complexity index is 788. The molecule has 1 atom stereocenters. The topological polar surface area (TPSA) is 79.0 Å². The van der Waals surface area contributed by atoms with Gasteiger partial charge in [-0.25, -0.2) is 4.79 Å². The Morgan fingerprint density at radius 3 is 2.64 bits per heavy atom. The van der Waals surface area contributed by atoms with Crippen LogP contribution in [0.1, 0.15) is 44.1 Å². The Labute approximate surface area is 165 Å². The van der Waals surface area contributed by atoms with E-state index in [-0.39, 0.29) is 23.8 Å². The van der Waals surface area contributed by atoms with Gasteiger partial charge in [0, 0.05) is 37.5 Å². The molecule has 1 aromatic rings. The summed E-state index contributed by atoms with van der Waals surface area (Å²) < 4.78 is 5.37. The van der Waals surface area contributed by atoms with Gasteiger partial charge in [0.1, 0.15) is 11.3 Å². The number of methoxy groups -OCH3 is 1. The molecule has 2 aliphatic heterocycles. The number of nitrogens with zero attached hydrogens (tertiary/aromatic N) is 2. The summed E-state index contributed by atoms with van der Waals surface area (Å²) in [7, 11) is 1.62. The zero-order valence-electron chi connectivity index (χ0n) is 16.3. The molecule has 1 N–H and O–H groups in total. The third-order valence-corrected chi connectivity index (χ3v) is 6.24. The molecule has 2 saturated heterocycles. The van der Waals surface area contributed by atoms with Gasteiger partial charge in [0.15, 0.2) is 0 Å². The summed E-state index contributed by atoms with van der Waals surface area (Å²) in [5.41, 5.74) is 0.254. The third kappa shape index (κ3) is 3.34. The predicted molar refractivity (Wildman–Crippen MR) is 103 cm³/mol. The summed E-state index contributed by atoms with van der Waals surface area (Å²) in [5.74, 6) is 0.672. The Hall–Kier alpha value is -2.57. The van der Waals surface area contributed by atoms with Crippen molar-refractivity contribution in [3.05, 3.63) is 29.8 Å². The smallest absolute Gasteiger partial charge is 0.325 e. The van der Waals surface area contributed by atoms with Crippen LogP contribution in [0.3, 0.4) is 0 Å². The number of amides is 4. The number of carbonyl (C=O) groups excluding carboxylic acids is 3. The van der Waals surface area contributed by atoms with Gasteiger partial charge in [-0.15, -0.1) is 0 Å². The van der Waals surface area contributed by atoms with Crippen molar-refractivity contribution in [3.8, 4) is 5.75 Å². The van der Waals surface area contributed by atoms with Crippen LogP contribution in [0.2, 0.25) is 0 Å². The van der Waals surface area contributed by atoms with Gasteiger partial charge < -0.3 is 15.0 Å². The minimum absolute atomic E-state index is 0.0318. The van der Waals surface area contributed by atoms with E-state index in [2.05, 4.69) is 5.32 Å². The second-order valence-corrected chi connectivity index (χ2v) is 8.14. The largest absolute Gasteiger partial charge is 0.496 e. The SMILES string of the molecule is COc1ccccc1CN1CC(CN2C(=O)NC3(CCCCC3)C2=O)CC1=O. The van der Waals surface area contributed by atoms with E-state index in [0.29, 0.717) is 26.1 Å². The first kappa shape index (κ1) is 18.8. The minimum atomic E-state index is -0.699. The first-order chi connectivity index (χ1) is 13.5. The fourth-order valence-electron chi connectivity index (χ4n) is 4.76. The van der Waals surface area contributed by atoms with Crippen LogP contribution in [0.25, 0.3) is 0 Å². The summed E-state index contributed by atoms with van der Waals surface area (Å²) in [6.45, 7) is 1.32. The molecule has 1 aliphatic carbocycles. The highest BCUT2D eigenvalue weighted by atomic mass is 16.5. The Morgan fingerprint density at radius 2 is 1.89 bits per heavy atom. The molecular weight excluding hydrogens is 358 g/mol. The lowest BCUT2D eigenvalue weighted by atomic mass is 9.81. The molecule has 0 bridgehead atoms. The van der Waals surface area contributed by atoms with Crippen LogP contribution in [0.4, 0.5) is 4.79 Å². The standard InChI is InChI=1S/C21H27N3O4/c1-28-17-8-4-3-7-16(17)14-23-12-15(11-18(23)25)13-24-19(26)21(22-20(24)27)9-5-2-6-10-21/h3-4,7-8,15H,2,5-6,9-14H2,1H3,(H,22,27). The van der Waals surface area contributed by atoms with E-state index in [4.69, 9.17) is 4.74 Å². The van der Waals surface area contributed by atoms with Crippen molar-refractivity contribution in [2.75, 3.05) is 20.2 Å². The number of nitrogens with one attached hydrogen (secondary N) is 1. The maximum absolute atomic E-state index is 12.9. The van der Waals surface area contributed by atoms with E-state index in [1.54, 1.807) is 12.0 Å². The van der Waals surface area contributed by atoms with Crippen molar-refractivity contribution in [2.45, 2.75) is 50.6 Å². The van der Waals surface area contributed by atoms with Crippen LogP contribution in [0.15, 0.2) is 24.3 Å². The zero-order valence-corrected chi connectivity index (χ0v) is 16.3. The zero-order chi connectivity index (χ0) is 19.7. The van der Waals surface area contributed by atoms with Gasteiger partial charge in [0.25, 0.3) is 5.91 Å². The molecule has 28 heavy (non-hydrogen) atoms. The number of rotatable bonds is 5. The molecule has 4 amide bonds. The second kappa shape index (κ2) is 7.45. The van der Waals surface area contributed by atoms with Crippen LogP contribution < -0.4 is 10.1 Å². The number of ether oxygens (including phenoxy) is 1. The molecule has 1 aromatic carbocycles. The number of hydrogen-bond donors (Lipinski definition) is 1. The summed E-state index contributed by atoms with van der Waals surface area (Å²) in [6, 6.07) is 7.35. The van der Waals surface area contributed by atoms with Crippen LogP contribution in [0, 0.1) is 5.92 Å². The van der Waals surface area contributed by atoms with Gasteiger partial charge in [0.05, 0.1) is 7.11 Å². The van der Waals surface area contributed by atoms with Crippen LogP contribution >= 0.6 is 0 Å². The van der Waals surface area contributed by atoms with Crippen molar-refractivity contribution in [2.24, 2.45) is 5.92 Å². The number of carbonyl (C=O) groups is 3. The molecule has 4 rings (SSSR count). The normalized spacial score (nSPS) is 24.2. The molecule has 0 radical (unpaired) electrons. The fraction of sp³-hybridized carbons (Fsp3) is 0.571. The van der Waals surface area contributed by atoms with Gasteiger partial charge in [-0.3, -0.25) is 14.5 Å². The van der Waals surface area contributed by atoms with Crippen molar-refractivity contribution >= 4 is 17.8 Å². The summed E-state index contributed by atoms with van der Waals surface area (Å²) >= 11 is 0. The molecule has 3 aliphatic rings. The number of likely N-dealkylation sites (tertiary alicyclic amines) is 1. The second-order valence-electron chi connectivity index (χ2n) is 8.14. The maximum Gasteiger partial charge on any atom is 0.325 e. The van der Waals surface area contributed by atoms with Crippen LogP contribution in [0.5, 0.6) is 5.75 Å². The molecule has 0 aromatic heterocycles. The predicted octanol–water partition coefficient (Wildman–Crippen LogP) is 2.30. The molecule has 1 unspecified atom stereocenters. The Balaban J connectivity index is 1.40. The summed E-state index contributed by atoms with van der Waals surface area (Å²) in [6.07, 6.45) is 4.84. The van der Waals surface area contributed by atoms with Gasteiger partial charge in [-0.2, -0.15) is 0 Å². The third-order valence-electron chi connectivity index (χ3n) is 6.24. The van der Waals surface area contributed by atoms with E-state index in [1.807, 2.05) is 24.3 Å². The molecule has 1 saturated carbocycles. The average molecular weight is 385 g/mol. The van der Waals surface area contributed by atoms with Crippen LogP contribution in [-0.2, 0) is 16.1 Å². The highest BCUT2D eigenvalue weighted by Gasteiger charge is 2.52.